The summed E-state index contributed by atoms with van der Waals surface area (Å²) in [6.07, 6.45) is -4.70. The summed E-state index contributed by atoms with van der Waals surface area (Å²) in [4.78, 5) is 8.21. The summed E-state index contributed by atoms with van der Waals surface area (Å²) in [5.74, 6) is 1.06. The van der Waals surface area contributed by atoms with Gasteiger partial charge in [-0.1, -0.05) is 0 Å². The van der Waals surface area contributed by atoms with Crippen molar-refractivity contribution in [3.63, 3.8) is 0 Å². The van der Waals surface area contributed by atoms with E-state index in [1.54, 1.807) is 13.8 Å². The van der Waals surface area contributed by atoms with Crippen LogP contribution in [0.5, 0.6) is 5.75 Å². The van der Waals surface area contributed by atoms with Gasteiger partial charge < -0.3 is 15.8 Å². The average molecular weight is 298 g/mol. The number of nitrogens with two attached hydrogens (primary N) is 1. The van der Waals surface area contributed by atoms with Gasteiger partial charge in [-0.25, -0.2) is 9.97 Å². The number of halogens is 3. The molecule has 1 aromatic heterocycles. The molecule has 0 radical (unpaired) electrons. The maximum atomic E-state index is 12.1. The Morgan fingerprint density at radius 2 is 1.71 bits per heavy atom. The van der Waals surface area contributed by atoms with Gasteiger partial charge in [-0.3, -0.25) is 0 Å². The van der Waals surface area contributed by atoms with Gasteiger partial charge in [0.05, 0.1) is 0 Å². The van der Waals surface area contributed by atoms with Crippen molar-refractivity contribution in [3.8, 4) is 5.75 Å². The summed E-state index contributed by atoms with van der Waals surface area (Å²) in [5, 5.41) is 2.98. The quantitative estimate of drug-likeness (QED) is 0.909. The molecule has 0 amide bonds. The minimum Gasteiger partial charge on any atom is -0.406 e. The van der Waals surface area contributed by atoms with Crippen molar-refractivity contribution in [3.05, 3.63) is 35.7 Å². The molecule has 0 aliphatic carbocycles. The third-order valence-electron chi connectivity index (χ3n) is 2.65. The minimum atomic E-state index is -4.70. The zero-order valence-electron chi connectivity index (χ0n) is 11.3. The first kappa shape index (κ1) is 14.9. The zero-order valence-corrected chi connectivity index (χ0v) is 11.3. The highest BCUT2D eigenvalue weighted by molar-refractivity contribution is 5.64. The van der Waals surface area contributed by atoms with Crippen molar-refractivity contribution in [1.82, 2.24) is 9.97 Å². The van der Waals surface area contributed by atoms with Gasteiger partial charge in [0.25, 0.3) is 0 Å². The van der Waals surface area contributed by atoms with Crippen LogP contribution < -0.4 is 15.8 Å². The highest BCUT2D eigenvalue weighted by atomic mass is 19.4. The van der Waals surface area contributed by atoms with Crippen LogP contribution in [0.3, 0.4) is 0 Å². The molecule has 0 bridgehead atoms. The van der Waals surface area contributed by atoms with E-state index in [-0.39, 0.29) is 5.75 Å². The van der Waals surface area contributed by atoms with Crippen molar-refractivity contribution >= 4 is 17.3 Å². The van der Waals surface area contributed by atoms with E-state index >= 15 is 0 Å². The Hall–Kier alpha value is -2.51. The third kappa shape index (κ3) is 3.98. The van der Waals surface area contributed by atoms with Crippen LogP contribution in [0.2, 0.25) is 0 Å². The number of anilines is 3. The monoisotopic (exact) mass is 298 g/mol. The molecule has 0 saturated heterocycles. The van der Waals surface area contributed by atoms with Crippen molar-refractivity contribution < 1.29 is 17.9 Å². The van der Waals surface area contributed by atoms with E-state index in [1.807, 2.05) is 0 Å². The summed E-state index contributed by atoms with van der Waals surface area (Å²) in [6, 6.07) is 5.33. The van der Waals surface area contributed by atoms with Gasteiger partial charge in [0.15, 0.2) is 0 Å². The summed E-state index contributed by atoms with van der Waals surface area (Å²) < 4.78 is 40.0. The molecule has 0 spiro atoms. The van der Waals surface area contributed by atoms with Gasteiger partial charge >= 0.3 is 6.36 Å². The maximum absolute atomic E-state index is 12.1. The van der Waals surface area contributed by atoms with Crippen LogP contribution in [0, 0.1) is 13.8 Å². The summed E-state index contributed by atoms with van der Waals surface area (Å²) in [5.41, 5.74) is 6.96. The molecule has 5 nitrogen and oxygen atoms in total. The molecule has 0 fully saturated rings. The van der Waals surface area contributed by atoms with Gasteiger partial charge in [0.1, 0.15) is 23.2 Å². The van der Waals surface area contributed by atoms with Crippen LogP contribution in [0.15, 0.2) is 24.3 Å². The van der Waals surface area contributed by atoms with E-state index in [1.165, 1.54) is 24.3 Å². The fraction of sp³-hybridized carbons (Fsp3) is 0.231. The highest BCUT2D eigenvalue weighted by Crippen LogP contribution is 2.26. The maximum Gasteiger partial charge on any atom is 0.573 e. The van der Waals surface area contributed by atoms with Crippen molar-refractivity contribution in [2.24, 2.45) is 0 Å². The molecule has 3 N–H and O–H groups in total. The fourth-order valence-electron chi connectivity index (χ4n) is 1.65. The van der Waals surface area contributed by atoms with Gasteiger partial charge in [-0.05, 0) is 38.1 Å². The number of rotatable bonds is 3. The molecule has 0 atom stereocenters. The number of ether oxygens (including phenoxy) is 1. The topological polar surface area (TPSA) is 73.1 Å². The predicted molar refractivity (Wildman–Crippen MR) is 72.3 cm³/mol. The molecular weight excluding hydrogens is 285 g/mol. The Bertz CT molecular complexity index is 641. The van der Waals surface area contributed by atoms with E-state index in [0.29, 0.717) is 28.7 Å². The Morgan fingerprint density at radius 1 is 1.10 bits per heavy atom. The first-order chi connectivity index (χ1) is 9.74. The molecule has 0 saturated carbocycles. The number of nitrogens with one attached hydrogen (secondary N) is 1. The number of hydrogen-bond acceptors (Lipinski definition) is 5. The largest absolute Gasteiger partial charge is 0.573 e. The predicted octanol–water partition coefficient (Wildman–Crippen LogP) is 3.32. The first-order valence-corrected chi connectivity index (χ1v) is 5.98. The van der Waals surface area contributed by atoms with Crippen LogP contribution in [0.1, 0.15) is 11.4 Å². The van der Waals surface area contributed by atoms with Crippen LogP contribution in [0.4, 0.5) is 30.5 Å². The number of hydrogen-bond donors (Lipinski definition) is 2. The number of aryl methyl sites for hydroxylation is 1. The van der Waals surface area contributed by atoms with Gasteiger partial charge in [0.2, 0.25) is 0 Å². The van der Waals surface area contributed by atoms with E-state index < -0.39 is 6.36 Å². The number of nitrogen functional groups attached to an aromatic ring is 1. The molecule has 2 aromatic rings. The highest BCUT2D eigenvalue weighted by Gasteiger charge is 2.30. The summed E-state index contributed by atoms with van der Waals surface area (Å²) in [6.45, 7) is 3.44. The van der Waals surface area contributed by atoms with E-state index in [4.69, 9.17) is 5.73 Å². The second-order valence-electron chi connectivity index (χ2n) is 4.33. The standard InChI is InChI=1S/C13H13F3N4O/c1-7-11(17)18-8(2)19-12(7)20-9-3-5-10(6-4-9)21-13(14,15)16/h3-6H,1-2H3,(H3,17,18,19,20). The fourth-order valence-corrected chi connectivity index (χ4v) is 1.65. The number of benzene rings is 1. The molecular formula is C13H13F3N4O. The Kier molecular flexibility index (Phi) is 3.88. The Morgan fingerprint density at radius 3 is 2.29 bits per heavy atom. The van der Waals surface area contributed by atoms with E-state index in [9.17, 15) is 13.2 Å². The van der Waals surface area contributed by atoms with Gasteiger partial charge in [0, 0.05) is 11.3 Å². The van der Waals surface area contributed by atoms with Crippen LogP contribution in [-0.4, -0.2) is 16.3 Å². The second-order valence-corrected chi connectivity index (χ2v) is 4.33. The minimum absolute atomic E-state index is 0.289. The van der Waals surface area contributed by atoms with Gasteiger partial charge in [-0.15, -0.1) is 13.2 Å². The molecule has 21 heavy (non-hydrogen) atoms. The first-order valence-electron chi connectivity index (χ1n) is 5.98. The average Bonchev–Trinajstić information content (AvgIpc) is 2.36. The smallest absolute Gasteiger partial charge is 0.406 e. The molecule has 2 rings (SSSR count). The normalized spacial score (nSPS) is 11.3. The van der Waals surface area contributed by atoms with Crippen molar-refractivity contribution in [1.29, 1.82) is 0 Å². The Balaban J connectivity index is 2.18. The van der Waals surface area contributed by atoms with Crippen LogP contribution in [0.25, 0.3) is 0 Å². The molecule has 1 aromatic carbocycles. The van der Waals surface area contributed by atoms with Crippen LogP contribution in [-0.2, 0) is 0 Å². The number of aromatic nitrogens is 2. The summed E-state index contributed by atoms with van der Waals surface area (Å²) >= 11 is 0. The zero-order chi connectivity index (χ0) is 15.6. The molecule has 112 valence electrons. The van der Waals surface area contributed by atoms with Crippen LogP contribution >= 0.6 is 0 Å². The van der Waals surface area contributed by atoms with E-state index in [2.05, 4.69) is 20.0 Å². The lowest BCUT2D eigenvalue weighted by Gasteiger charge is -2.12. The lowest BCUT2D eigenvalue weighted by atomic mass is 10.2. The second kappa shape index (κ2) is 5.47. The molecule has 8 heteroatoms. The number of alkyl halides is 3. The van der Waals surface area contributed by atoms with Crippen molar-refractivity contribution in [2.75, 3.05) is 11.1 Å². The van der Waals surface area contributed by atoms with Crippen molar-refractivity contribution in [2.45, 2.75) is 20.2 Å². The molecule has 0 aliphatic heterocycles. The number of nitrogens with zero attached hydrogens (tertiary/aromatic N) is 2. The SMILES string of the molecule is Cc1nc(N)c(C)c(Nc2ccc(OC(F)(F)F)cc2)n1. The summed E-state index contributed by atoms with van der Waals surface area (Å²) in [7, 11) is 0. The lowest BCUT2D eigenvalue weighted by molar-refractivity contribution is -0.274. The lowest BCUT2D eigenvalue weighted by Crippen LogP contribution is -2.17. The third-order valence-corrected chi connectivity index (χ3v) is 2.65. The molecule has 0 aliphatic rings. The Labute approximate surface area is 119 Å². The van der Waals surface area contributed by atoms with Gasteiger partial charge in [-0.2, -0.15) is 0 Å². The molecule has 1 heterocycles. The van der Waals surface area contributed by atoms with E-state index in [0.717, 1.165) is 0 Å². The molecule has 0 unspecified atom stereocenters.